The Morgan fingerprint density at radius 3 is 2.08 bits per heavy atom. The fourth-order valence-corrected chi connectivity index (χ4v) is 7.44. The molecule has 1 atom stereocenters. The van der Waals surface area contributed by atoms with Gasteiger partial charge >= 0.3 is 0 Å². The number of halogens is 1. The van der Waals surface area contributed by atoms with E-state index < -0.39 is 34.3 Å². The van der Waals surface area contributed by atoms with Crippen molar-refractivity contribution in [3.63, 3.8) is 0 Å². The van der Waals surface area contributed by atoms with Crippen LogP contribution in [-0.2, 0) is 32.6 Å². The van der Waals surface area contributed by atoms with Crippen LogP contribution in [0.3, 0.4) is 0 Å². The highest BCUT2D eigenvalue weighted by molar-refractivity contribution is 7.92. The molecule has 1 aliphatic rings. The Kier molecular flexibility index (Phi) is 11.8. The van der Waals surface area contributed by atoms with Crippen molar-refractivity contribution in [1.29, 1.82) is 0 Å². The summed E-state index contributed by atoms with van der Waals surface area (Å²) >= 11 is 0. The van der Waals surface area contributed by atoms with E-state index in [1.165, 1.54) is 29.2 Å². The lowest BCUT2D eigenvalue weighted by Gasteiger charge is -2.35. The predicted octanol–water partition coefficient (Wildman–Crippen LogP) is 6.51. The molecule has 1 fully saturated rings. The highest BCUT2D eigenvalue weighted by Gasteiger charge is 2.35. The summed E-state index contributed by atoms with van der Waals surface area (Å²) in [6, 6.07) is 28.6. The molecule has 8 nitrogen and oxygen atoms in total. The van der Waals surface area contributed by atoms with E-state index in [0.29, 0.717) is 17.9 Å². The lowest BCUT2D eigenvalue weighted by molar-refractivity contribution is -0.140. The first-order valence-corrected chi connectivity index (χ1v) is 17.9. The molecule has 0 aliphatic heterocycles. The number of ether oxygens (including phenoxy) is 1. The molecule has 0 bridgehead atoms. The molecule has 10 heteroatoms. The normalized spacial score (nSPS) is 14.1. The third-order valence-corrected chi connectivity index (χ3v) is 10.3. The van der Waals surface area contributed by atoms with Crippen LogP contribution in [0.5, 0.6) is 5.75 Å². The Morgan fingerprint density at radius 2 is 1.46 bits per heavy atom. The van der Waals surface area contributed by atoms with Gasteiger partial charge in [-0.1, -0.05) is 79.9 Å². The van der Waals surface area contributed by atoms with Gasteiger partial charge in [-0.3, -0.25) is 13.9 Å². The van der Waals surface area contributed by atoms with Crippen molar-refractivity contribution >= 4 is 27.5 Å². The van der Waals surface area contributed by atoms with Crippen LogP contribution in [0.4, 0.5) is 10.1 Å². The van der Waals surface area contributed by atoms with E-state index in [2.05, 4.69) is 5.32 Å². The maximum Gasteiger partial charge on any atom is 0.264 e. The van der Waals surface area contributed by atoms with E-state index in [1.807, 2.05) is 37.3 Å². The zero-order valence-corrected chi connectivity index (χ0v) is 27.9. The summed E-state index contributed by atoms with van der Waals surface area (Å²) in [5.74, 6) is -0.750. The Bertz CT molecular complexity index is 1730. The van der Waals surface area contributed by atoms with Crippen LogP contribution in [0, 0.1) is 5.82 Å². The van der Waals surface area contributed by atoms with Gasteiger partial charge in [0.1, 0.15) is 24.2 Å². The molecule has 252 valence electrons. The van der Waals surface area contributed by atoms with Crippen LogP contribution in [0.15, 0.2) is 114 Å². The largest absolute Gasteiger partial charge is 0.494 e. The summed E-state index contributed by atoms with van der Waals surface area (Å²) in [5, 5.41) is 3.19. The van der Waals surface area contributed by atoms with Crippen LogP contribution in [0.1, 0.15) is 50.2 Å². The number of benzene rings is 4. The third kappa shape index (κ3) is 9.01. The molecule has 1 saturated carbocycles. The fraction of sp³-hybridized carbons (Fsp3) is 0.316. The summed E-state index contributed by atoms with van der Waals surface area (Å²) in [5.41, 5.74) is 1.72. The minimum Gasteiger partial charge on any atom is -0.494 e. The molecule has 1 N–H and O–H groups in total. The monoisotopic (exact) mass is 671 g/mol. The number of nitrogens with one attached hydrogen (secondary N) is 1. The molecule has 0 radical (unpaired) electrons. The molecule has 48 heavy (non-hydrogen) atoms. The highest BCUT2D eigenvalue weighted by Crippen LogP contribution is 2.27. The van der Waals surface area contributed by atoms with E-state index in [-0.39, 0.29) is 35.5 Å². The average Bonchev–Trinajstić information content (AvgIpc) is 3.11. The lowest BCUT2D eigenvalue weighted by Crippen LogP contribution is -2.55. The zero-order valence-electron chi connectivity index (χ0n) is 27.1. The first kappa shape index (κ1) is 34.6. The fourth-order valence-electron chi connectivity index (χ4n) is 6.01. The molecule has 0 aromatic heterocycles. The first-order chi connectivity index (χ1) is 23.2. The van der Waals surface area contributed by atoms with Crippen molar-refractivity contribution in [3.05, 3.63) is 126 Å². The van der Waals surface area contributed by atoms with Crippen LogP contribution < -0.4 is 14.4 Å². The van der Waals surface area contributed by atoms with E-state index in [1.54, 1.807) is 54.6 Å². The number of carbonyl (C=O) groups excluding carboxylic acids is 2. The molecule has 4 aromatic rings. The maximum atomic E-state index is 14.6. The Morgan fingerprint density at radius 1 is 0.833 bits per heavy atom. The van der Waals surface area contributed by atoms with Gasteiger partial charge in [-0.2, -0.15) is 0 Å². The Balaban J connectivity index is 1.55. The SMILES string of the molecule is CCOc1ccc(N(CC(=O)N(Cc2ccc(F)cc2)[C@H](Cc2ccccc2)C(=O)NC2CCCCC2)S(=O)(=O)c2ccccc2)cc1. The molecule has 1 aliphatic carbocycles. The topological polar surface area (TPSA) is 96.0 Å². The van der Waals surface area contributed by atoms with Crippen molar-refractivity contribution < 1.29 is 27.1 Å². The van der Waals surface area contributed by atoms with Gasteiger partial charge in [0.2, 0.25) is 11.8 Å². The molecule has 0 unspecified atom stereocenters. The van der Waals surface area contributed by atoms with Crippen LogP contribution in [0.25, 0.3) is 0 Å². The standard InChI is InChI=1S/C38H42FN3O5S/c1-2-47-34-24-22-33(23-25-34)42(48(45,46)35-16-10-5-11-17-35)28-37(43)41(27-30-18-20-31(39)21-19-30)36(26-29-12-6-3-7-13-29)38(44)40-32-14-8-4-9-15-32/h3,5-7,10-13,16-25,32,36H,2,4,8-9,14-15,26-28H2,1H3,(H,40,44)/t36-/m1/s1. The maximum absolute atomic E-state index is 14.6. The van der Waals surface area contributed by atoms with Gasteiger partial charge in [0.25, 0.3) is 10.0 Å². The number of rotatable bonds is 14. The highest BCUT2D eigenvalue weighted by atomic mass is 32.2. The van der Waals surface area contributed by atoms with E-state index in [9.17, 15) is 22.4 Å². The smallest absolute Gasteiger partial charge is 0.264 e. The lowest BCUT2D eigenvalue weighted by atomic mass is 9.94. The minimum atomic E-state index is -4.22. The summed E-state index contributed by atoms with van der Waals surface area (Å²) in [7, 11) is -4.22. The second-order valence-corrected chi connectivity index (χ2v) is 13.8. The zero-order chi connectivity index (χ0) is 33.9. The number of carbonyl (C=O) groups is 2. The summed E-state index contributed by atoms with van der Waals surface area (Å²) in [6.07, 6.45) is 5.07. The van der Waals surface area contributed by atoms with E-state index >= 15 is 0 Å². The van der Waals surface area contributed by atoms with Crippen molar-refractivity contribution in [2.45, 2.75) is 69.0 Å². The van der Waals surface area contributed by atoms with Crippen LogP contribution >= 0.6 is 0 Å². The van der Waals surface area contributed by atoms with Gasteiger partial charge in [-0.15, -0.1) is 0 Å². The number of nitrogens with zero attached hydrogens (tertiary/aromatic N) is 2. The third-order valence-electron chi connectivity index (χ3n) is 8.53. The van der Waals surface area contributed by atoms with Gasteiger partial charge in [-0.25, -0.2) is 12.8 Å². The molecule has 0 saturated heterocycles. The second kappa shape index (κ2) is 16.4. The summed E-state index contributed by atoms with van der Waals surface area (Å²) < 4.78 is 48.9. The molecule has 0 spiro atoms. The van der Waals surface area contributed by atoms with Crippen molar-refractivity contribution in [1.82, 2.24) is 10.2 Å². The summed E-state index contributed by atoms with van der Waals surface area (Å²) in [4.78, 5) is 30.2. The van der Waals surface area contributed by atoms with Gasteiger partial charge in [0.05, 0.1) is 17.2 Å². The number of amides is 2. The Hall–Kier alpha value is -4.70. The number of anilines is 1. The number of sulfonamides is 1. The molecular weight excluding hydrogens is 629 g/mol. The molecule has 5 rings (SSSR count). The van der Waals surface area contributed by atoms with Gasteiger partial charge in [0, 0.05) is 19.0 Å². The first-order valence-electron chi connectivity index (χ1n) is 16.4. The molecular formula is C38H42FN3O5S. The average molecular weight is 672 g/mol. The second-order valence-electron chi connectivity index (χ2n) is 11.9. The van der Waals surface area contributed by atoms with E-state index in [0.717, 1.165) is 42.0 Å². The number of hydrogen-bond donors (Lipinski definition) is 1. The quantitative estimate of drug-likeness (QED) is 0.165. The van der Waals surface area contributed by atoms with Crippen LogP contribution in [0.2, 0.25) is 0 Å². The van der Waals surface area contributed by atoms with Gasteiger partial charge < -0.3 is 15.0 Å². The molecule has 0 heterocycles. The minimum absolute atomic E-state index is 0.00823. The van der Waals surface area contributed by atoms with Crippen molar-refractivity contribution in [2.24, 2.45) is 0 Å². The molecule has 4 aromatic carbocycles. The Labute approximate surface area is 282 Å². The van der Waals surface area contributed by atoms with Crippen LogP contribution in [-0.4, -0.2) is 50.4 Å². The summed E-state index contributed by atoms with van der Waals surface area (Å²) in [6.45, 7) is 1.68. The van der Waals surface area contributed by atoms with Gasteiger partial charge in [0.15, 0.2) is 0 Å². The number of hydrogen-bond acceptors (Lipinski definition) is 5. The van der Waals surface area contributed by atoms with E-state index in [4.69, 9.17) is 4.74 Å². The van der Waals surface area contributed by atoms with Crippen molar-refractivity contribution in [3.8, 4) is 5.75 Å². The predicted molar refractivity (Wildman–Crippen MR) is 184 cm³/mol. The van der Waals surface area contributed by atoms with Gasteiger partial charge in [-0.05, 0) is 79.4 Å². The molecule has 2 amide bonds. The van der Waals surface area contributed by atoms with Crippen molar-refractivity contribution in [2.75, 3.05) is 17.5 Å².